The first-order valence-electron chi connectivity index (χ1n) is 5.93. The van der Waals surface area contributed by atoms with E-state index in [1.54, 1.807) is 0 Å². The fourth-order valence-corrected chi connectivity index (χ4v) is 1.73. The van der Waals surface area contributed by atoms with Crippen molar-refractivity contribution in [1.29, 1.82) is 0 Å². The van der Waals surface area contributed by atoms with Gasteiger partial charge in [0.1, 0.15) is 0 Å². The highest BCUT2D eigenvalue weighted by Crippen LogP contribution is 2.22. The molecule has 28 heavy (non-hydrogen) atoms. The van der Waals surface area contributed by atoms with Gasteiger partial charge in [0.15, 0.2) is 29.9 Å². The Morgan fingerprint density at radius 3 is 1.46 bits per heavy atom. The average Bonchev–Trinajstić information content (AvgIpc) is 2.74. The first kappa shape index (κ1) is 21.1. The van der Waals surface area contributed by atoms with Gasteiger partial charge in [-0.3, -0.25) is 30.3 Å². The van der Waals surface area contributed by atoms with Crippen molar-refractivity contribution < 1.29 is 34.7 Å². The monoisotopic (exact) mass is 410 g/mol. The van der Waals surface area contributed by atoms with E-state index in [4.69, 9.17) is 0 Å². The predicted octanol–water partition coefficient (Wildman–Crippen LogP) is -2.42. The van der Waals surface area contributed by atoms with Crippen LogP contribution in [0.15, 0.2) is 10.2 Å². The Kier molecular flexibility index (Phi) is 5.33. The standard InChI is InChI=1S/C5H2N10O13/c16-4-8(1-5(10(17)18,11(19)20)12(21)22)2(6-13(23)24)3(7-14(25)26)9(4)15(27)28/h1H2. The summed E-state index contributed by atoms with van der Waals surface area (Å²) in [4.78, 5) is 69.8. The van der Waals surface area contributed by atoms with Crippen LogP contribution in [0.2, 0.25) is 0 Å². The second-order valence-corrected chi connectivity index (χ2v) is 4.29. The molecule has 0 unspecified atom stereocenters. The number of carbonyl (C=O) groups excluding carboxylic acids is 1. The number of hydrogen-bond donors (Lipinski definition) is 0. The lowest BCUT2D eigenvalue weighted by molar-refractivity contribution is -0.967. The molecule has 1 saturated heterocycles. The maximum atomic E-state index is 12.0. The quantitative estimate of drug-likeness (QED) is 0.228. The number of hydrazine groups is 1. The molecule has 1 rings (SSSR count). The second kappa shape index (κ2) is 7.09. The molecule has 0 atom stereocenters. The number of nitrogens with zero attached hydrogens (tertiary/aromatic N) is 10. The van der Waals surface area contributed by atoms with Crippen molar-refractivity contribution >= 4 is 17.7 Å². The zero-order valence-electron chi connectivity index (χ0n) is 12.5. The molecule has 23 nitrogen and oxygen atoms in total. The largest absolute Gasteiger partial charge is 0.718 e. The summed E-state index contributed by atoms with van der Waals surface area (Å²) < 4.78 is 0. The van der Waals surface area contributed by atoms with Crippen molar-refractivity contribution in [1.82, 2.24) is 9.91 Å². The summed E-state index contributed by atoms with van der Waals surface area (Å²) in [7, 11) is 0. The summed E-state index contributed by atoms with van der Waals surface area (Å²) in [5, 5.41) is 63.4. The van der Waals surface area contributed by atoms with E-state index in [2.05, 4.69) is 10.2 Å². The summed E-state index contributed by atoms with van der Waals surface area (Å²) in [5.41, 5.74) is 0. The maximum absolute atomic E-state index is 12.0. The Balaban J connectivity index is 3.77. The molecule has 0 spiro atoms. The Morgan fingerprint density at radius 1 is 0.750 bits per heavy atom. The van der Waals surface area contributed by atoms with Crippen molar-refractivity contribution in [3.8, 4) is 0 Å². The number of carbonyl (C=O) groups is 1. The Morgan fingerprint density at radius 2 is 1.14 bits per heavy atom. The molecule has 23 heteroatoms. The third-order valence-electron chi connectivity index (χ3n) is 2.83. The number of urea groups is 1. The van der Waals surface area contributed by atoms with Crippen LogP contribution < -0.4 is 0 Å². The summed E-state index contributed by atoms with van der Waals surface area (Å²) in [5.74, 6) is -7.97. The van der Waals surface area contributed by atoms with Crippen molar-refractivity contribution in [2.24, 2.45) is 10.2 Å². The first-order chi connectivity index (χ1) is 12.8. The fourth-order valence-electron chi connectivity index (χ4n) is 1.73. The van der Waals surface area contributed by atoms with Crippen LogP contribution >= 0.6 is 0 Å². The van der Waals surface area contributed by atoms with Crippen LogP contribution in [0.3, 0.4) is 0 Å². The first-order valence-corrected chi connectivity index (χ1v) is 5.93. The Labute approximate surface area is 146 Å². The van der Waals surface area contributed by atoms with Gasteiger partial charge in [0.05, 0.1) is 10.2 Å². The number of rotatable bonds is 8. The SMILES string of the molecule is O=C1N(CC([N+](=O)[O-])([N+](=O)[O-])[N+](=O)[O-])C(=N[N+](=O)[O-])C(=N[N+](=O)[O-])N1[N+](=O)[O-]. The highest BCUT2D eigenvalue weighted by molar-refractivity contribution is 6.48. The summed E-state index contributed by atoms with van der Waals surface area (Å²) in [6, 6.07) is -2.21. The molecule has 1 heterocycles. The molecule has 0 aromatic rings. The fraction of sp³-hybridized carbons (Fsp3) is 0.400. The molecule has 0 N–H and O–H groups in total. The van der Waals surface area contributed by atoms with Crippen LogP contribution in [-0.2, 0) is 0 Å². The zero-order valence-corrected chi connectivity index (χ0v) is 12.5. The van der Waals surface area contributed by atoms with Crippen LogP contribution in [0.4, 0.5) is 4.79 Å². The van der Waals surface area contributed by atoms with Crippen LogP contribution in [-0.4, -0.2) is 69.8 Å². The lowest BCUT2D eigenvalue weighted by Gasteiger charge is -2.14. The molecule has 0 radical (unpaired) electrons. The molecule has 0 saturated carbocycles. The zero-order chi connectivity index (χ0) is 22.0. The van der Waals surface area contributed by atoms with E-state index in [-0.39, 0.29) is 0 Å². The normalized spacial score (nSPS) is 17.1. The minimum atomic E-state index is -4.45. The number of nitro groups is 6. The summed E-state index contributed by atoms with van der Waals surface area (Å²) in [6.07, 6.45) is 0. The van der Waals surface area contributed by atoms with Crippen molar-refractivity contribution in [2.45, 2.75) is 5.79 Å². The maximum Gasteiger partial charge on any atom is 0.718 e. The Bertz CT molecular complexity index is 837. The predicted molar refractivity (Wildman–Crippen MR) is 73.5 cm³/mol. The molecule has 0 aromatic heterocycles. The molecule has 1 aliphatic heterocycles. The Hall–Kier alpha value is -4.99. The van der Waals surface area contributed by atoms with Crippen LogP contribution in [0.1, 0.15) is 0 Å². The van der Waals surface area contributed by atoms with Crippen molar-refractivity contribution in [2.75, 3.05) is 6.54 Å². The van der Waals surface area contributed by atoms with E-state index < -0.39 is 69.8 Å². The highest BCUT2D eigenvalue weighted by Gasteiger charge is 2.74. The molecule has 0 aliphatic carbocycles. The van der Waals surface area contributed by atoms with E-state index in [9.17, 15) is 65.5 Å². The lowest BCUT2D eigenvalue weighted by atomic mass is 10.3. The van der Waals surface area contributed by atoms with Gasteiger partial charge in [-0.2, -0.15) is 0 Å². The average molecular weight is 410 g/mol. The van der Waals surface area contributed by atoms with Gasteiger partial charge >= 0.3 is 17.7 Å². The molecular formula is C5H2N10O13. The third-order valence-corrected chi connectivity index (χ3v) is 2.83. The molecule has 2 amide bonds. The van der Waals surface area contributed by atoms with E-state index in [0.29, 0.717) is 0 Å². The van der Waals surface area contributed by atoms with Gasteiger partial charge in [0.2, 0.25) is 0 Å². The van der Waals surface area contributed by atoms with E-state index >= 15 is 0 Å². The molecular weight excluding hydrogens is 408 g/mol. The highest BCUT2D eigenvalue weighted by atomic mass is 16.7. The summed E-state index contributed by atoms with van der Waals surface area (Å²) in [6.45, 7) is -2.26. The number of hydrazone groups is 2. The number of hydrogen-bond acceptors (Lipinski definition) is 13. The van der Waals surface area contributed by atoms with E-state index in [0.717, 1.165) is 0 Å². The van der Waals surface area contributed by atoms with Crippen LogP contribution in [0, 0.1) is 60.7 Å². The smallest absolute Gasteiger partial charge is 0.253 e. The van der Waals surface area contributed by atoms with Gasteiger partial charge in [-0.05, 0) is 0 Å². The van der Waals surface area contributed by atoms with Gasteiger partial charge in [-0.1, -0.05) is 0 Å². The topological polar surface area (TPSA) is 307 Å². The number of amidine groups is 2. The molecule has 150 valence electrons. The van der Waals surface area contributed by atoms with Crippen LogP contribution in [0.25, 0.3) is 0 Å². The van der Waals surface area contributed by atoms with Gasteiger partial charge < -0.3 is 0 Å². The minimum Gasteiger partial charge on any atom is -0.253 e. The minimum absolute atomic E-state index is 0.595. The second-order valence-electron chi connectivity index (χ2n) is 4.29. The van der Waals surface area contributed by atoms with Gasteiger partial charge in [0.25, 0.3) is 12.4 Å². The van der Waals surface area contributed by atoms with E-state index in [1.165, 1.54) is 0 Å². The van der Waals surface area contributed by atoms with Crippen LogP contribution in [0.5, 0.6) is 0 Å². The number of amides is 2. The van der Waals surface area contributed by atoms with Crippen molar-refractivity contribution in [3.63, 3.8) is 0 Å². The molecule has 0 aromatic carbocycles. The van der Waals surface area contributed by atoms with Crippen molar-refractivity contribution in [3.05, 3.63) is 60.7 Å². The van der Waals surface area contributed by atoms with E-state index in [1.807, 2.05) is 0 Å². The van der Waals surface area contributed by atoms with Gasteiger partial charge in [-0.15, -0.1) is 0 Å². The lowest BCUT2D eigenvalue weighted by Crippen LogP contribution is -2.61. The van der Waals surface area contributed by atoms with Gasteiger partial charge in [0, 0.05) is 5.01 Å². The molecule has 0 bridgehead atoms. The van der Waals surface area contributed by atoms with Gasteiger partial charge in [-0.25, -0.2) is 40.0 Å². The third kappa shape index (κ3) is 3.36. The molecule has 1 aliphatic rings. The summed E-state index contributed by atoms with van der Waals surface area (Å²) >= 11 is 0. The molecule has 1 fully saturated rings.